The zero-order valence-electron chi connectivity index (χ0n) is 40.4. The van der Waals surface area contributed by atoms with Crippen molar-refractivity contribution >= 4 is 22.6 Å². The quantitative estimate of drug-likeness (QED) is 0.0552. The molecule has 1 amide bonds. The van der Waals surface area contributed by atoms with Crippen molar-refractivity contribution in [3.8, 4) is 17.1 Å². The number of benzene rings is 3. The van der Waals surface area contributed by atoms with Crippen molar-refractivity contribution in [1.29, 1.82) is 0 Å². The molecule has 13 nitrogen and oxygen atoms in total. The average molecular weight is 929 g/mol. The van der Waals surface area contributed by atoms with Gasteiger partial charge in [0.2, 0.25) is 0 Å². The van der Waals surface area contributed by atoms with Crippen molar-refractivity contribution in [1.82, 2.24) is 29.6 Å². The first-order valence-corrected chi connectivity index (χ1v) is 24.8. The number of nitrogens with one attached hydrogen (secondary N) is 1. The number of allylic oxidation sites excluding steroid dienone is 2. The highest BCUT2D eigenvalue weighted by atomic mass is 16.6. The molecule has 0 bridgehead atoms. The summed E-state index contributed by atoms with van der Waals surface area (Å²) in [5.41, 5.74) is 11.0. The Labute approximate surface area is 403 Å². The molecule has 2 atom stereocenters. The van der Waals surface area contributed by atoms with Crippen LogP contribution in [0.1, 0.15) is 91.4 Å². The van der Waals surface area contributed by atoms with Crippen molar-refractivity contribution in [3.05, 3.63) is 126 Å². The zero-order valence-corrected chi connectivity index (χ0v) is 40.4. The average Bonchev–Trinajstić information content (AvgIpc) is 3.71. The zero-order chi connectivity index (χ0) is 47.4. The summed E-state index contributed by atoms with van der Waals surface area (Å²) in [5, 5.41) is 13.1. The van der Waals surface area contributed by atoms with Crippen molar-refractivity contribution < 1.29 is 33.6 Å². The predicted molar refractivity (Wildman–Crippen MR) is 269 cm³/mol. The van der Waals surface area contributed by atoms with Gasteiger partial charge in [-0.1, -0.05) is 63.9 Å². The molecule has 8 rings (SSSR count). The number of carbonyl (C=O) groups excluding carboxylic acids is 1. The molecule has 4 heterocycles. The molecule has 1 aromatic heterocycles. The Bertz CT molecular complexity index is 2420. The molecule has 2 fully saturated rings. The van der Waals surface area contributed by atoms with Crippen LogP contribution >= 0.6 is 0 Å². The maximum absolute atomic E-state index is 13.2. The third-order valence-corrected chi connectivity index (χ3v) is 13.7. The Morgan fingerprint density at radius 3 is 2.22 bits per heavy atom. The number of nitrogens with zero attached hydrogens (tertiary/aromatic N) is 5. The molecule has 4 aromatic rings. The van der Waals surface area contributed by atoms with Crippen LogP contribution in [0, 0.1) is 0 Å². The number of amides is 1. The Morgan fingerprint density at radius 1 is 0.779 bits per heavy atom. The molecule has 4 aliphatic rings. The normalized spacial score (nSPS) is 19.5. The molecular formula is C55H72N6O7. The number of hydrogen-bond acceptors (Lipinski definition) is 11. The summed E-state index contributed by atoms with van der Waals surface area (Å²) in [6.07, 6.45) is 7.72. The molecule has 0 radical (unpaired) electrons. The molecule has 2 saturated heterocycles. The maximum atomic E-state index is 13.2. The lowest BCUT2D eigenvalue weighted by molar-refractivity contribution is -0.00754. The highest BCUT2D eigenvalue weighted by molar-refractivity contribution is 6.09. The standard InChI is InChI=1S/C55H72N6O7/c1-39(2)45-9-7-10-46(35-45)54-57-51-34-44(14-19-53(51)61(54)47-11-6-8-43(38-62)13-15-47)37-59-22-20-58(21-23-59)24-25-64-26-27-65-28-29-66-30-31-67-32-33-68-48-16-17-49-50(36-48)42(5)60(55(49)63)52-18-12-40(3)56-41(52)4/h7-10,14,16-17,19,34-36,39,47,52,56,62H,3-6,11-13,15,18,20-33,37-38H2,1-2H3. The number of aromatic nitrogens is 2. The molecule has 2 unspecified atom stereocenters. The first-order chi connectivity index (χ1) is 33.2. The van der Waals surface area contributed by atoms with E-state index in [1.54, 1.807) is 11.0 Å². The Hall–Kier alpha value is -5.12. The molecule has 1 aliphatic carbocycles. The van der Waals surface area contributed by atoms with E-state index in [0.29, 0.717) is 88.4 Å². The number of ether oxygens (including phenoxy) is 5. The van der Waals surface area contributed by atoms with Crippen molar-refractivity contribution in [2.24, 2.45) is 0 Å². The van der Waals surface area contributed by atoms with Crippen molar-refractivity contribution in [2.75, 3.05) is 98.8 Å². The fourth-order valence-electron chi connectivity index (χ4n) is 9.83. The summed E-state index contributed by atoms with van der Waals surface area (Å²) in [7, 11) is 0. The molecule has 3 aliphatic heterocycles. The van der Waals surface area contributed by atoms with E-state index in [9.17, 15) is 9.90 Å². The van der Waals surface area contributed by atoms with Gasteiger partial charge in [0.1, 0.15) is 18.2 Å². The van der Waals surface area contributed by atoms with Gasteiger partial charge in [-0.3, -0.25) is 19.5 Å². The predicted octanol–water partition coefficient (Wildman–Crippen LogP) is 8.33. The molecular weight excluding hydrogens is 857 g/mol. The summed E-state index contributed by atoms with van der Waals surface area (Å²) in [4.78, 5) is 25.3. The molecule has 2 N–H and O–H groups in total. The SMILES string of the molecule is C=C1CCC(N2C(=C)c3cc(OCCOCCOCCOCCOCCN4CCN(Cc5ccc6c(c5)nc(-c5cccc(C(C)C)c5)n6C5CCC=C(CO)CC5)CC4)ccc3C2=O)C(=C)N1. The van der Waals surface area contributed by atoms with Gasteiger partial charge in [0.15, 0.2) is 0 Å². The summed E-state index contributed by atoms with van der Waals surface area (Å²) >= 11 is 0. The van der Waals surface area contributed by atoms with E-state index < -0.39 is 0 Å². The second kappa shape index (κ2) is 23.9. The molecule has 3 aromatic carbocycles. The highest BCUT2D eigenvalue weighted by Crippen LogP contribution is 2.39. The molecule has 0 saturated carbocycles. The lowest BCUT2D eigenvalue weighted by atomic mass is 10.00. The lowest BCUT2D eigenvalue weighted by Gasteiger charge is -2.35. The van der Waals surface area contributed by atoms with Crippen LogP contribution in [0.4, 0.5) is 0 Å². The minimum atomic E-state index is -0.158. The first-order valence-electron chi connectivity index (χ1n) is 24.8. The number of rotatable bonds is 23. The van der Waals surface area contributed by atoms with Crippen LogP contribution < -0.4 is 10.1 Å². The van der Waals surface area contributed by atoms with E-state index in [0.717, 1.165) is 112 Å². The van der Waals surface area contributed by atoms with Crippen LogP contribution in [0.15, 0.2) is 103 Å². The Balaban J connectivity index is 0.665. The van der Waals surface area contributed by atoms with E-state index in [-0.39, 0.29) is 18.6 Å². The van der Waals surface area contributed by atoms with E-state index in [1.165, 1.54) is 22.2 Å². The van der Waals surface area contributed by atoms with Crippen LogP contribution in [0.25, 0.3) is 28.1 Å². The summed E-state index contributed by atoms with van der Waals surface area (Å²) in [6, 6.07) is 21.4. The second-order valence-electron chi connectivity index (χ2n) is 18.8. The molecule has 364 valence electrons. The minimum absolute atomic E-state index is 0.0660. The van der Waals surface area contributed by atoms with E-state index in [1.807, 2.05) is 12.1 Å². The van der Waals surface area contributed by atoms with Crippen LogP contribution in [0.2, 0.25) is 0 Å². The number of imidazole rings is 1. The van der Waals surface area contributed by atoms with Gasteiger partial charge >= 0.3 is 0 Å². The maximum Gasteiger partial charge on any atom is 0.259 e. The number of carbonyl (C=O) groups is 1. The van der Waals surface area contributed by atoms with Crippen LogP contribution in [0.3, 0.4) is 0 Å². The molecule has 0 spiro atoms. The van der Waals surface area contributed by atoms with Gasteiger partial charge in [-0.05, 0) is 97.5 Å². The van der Waals surface area contributed by atoms with Gasteiger partial charge in [-0.2, -0.15) is 0 Å². The second-order valence-corrected chi connectivity index (χ2v) is 18.8. The number of hydrogen-bond donors (Lipinski definition) is 2. The van der Waals surface area contributed by atoms with E-state index in [2.05, 4.69) is 102 Å². The van der Waals surface area contributed by atoms with Gasteiger partial charge in [0, 0.05) is 79.1 Å². The number of piperazine rings is 1. The van der Waals surface area contributed by atoms with Gasteiger partial charge in [-0.15, -0.1) is 0 Å². The Kier molecular flexibility index (Phi) is 17.4. The van der Waals surface area contributed by atoms with Gasteiger partial charge in [0.05, 0.1) is 76.5 Å². The third-order valence-electron chi connectivity index (χ3n) is 13.7. The highest BCUT2D eigenvalue weighted by Gasteiger charge is 2.38. The lowest BCUT2D eigenvalue weighted by Crippen LogP contribution is -2.46. The minimum Gasteiger partial charge on any atom is -0.491 e. The van der Waals surface area contributed by atoms with Gasteiger partial charge < -0.3 is 38.7 Å². The topological polar surface area (TPSA) is 123 Å². The Morgan fingerprint density at radius 2 is 1.50 bits per heavy atom. The van der Waals surface area contributed by atoms with Gasteiger partial charge in [0.25, 0.3) is 5.91 Å². The fourth-order valence-corrected chi connectivity index (χ4v) is 9.83. The number of aliphatic hydroxyl groups is 1. The van der Waals surface area contributed by atoms with E-state index >= 15 is 0 Å². The number of fused-ring (bicyclic) bond motifs is 2. The van der Waals surface area contributed by atoms with Crippen LogP contribution in [-0.2, 0) is 25.5 Å². The molecule has 13 heteroatoms. The number of piperidine rings is 1. The summed E-state index contributed by atoms with van der Waals surface area (Å²) < 4.78 is 31.4. The smallest absolute Gasteiger partial charge is 0.259 e. The largest absolute Gasteiger partial charge is 0.491 e. The molecule has 68 heavy (non-hydrogen) atoms. The third kappa shape index (κ3) is 12.4. The van der Waals surface area contributed by atoms with Crippen LogP contribution in [0.5, 0.6) is 5.75 Å². The monoisotopic (exact) mass is 929 g/mol. The van der Waals surface area contributed by atoms with Crippen molar-refractivity contribution in [3.63, 3.8) is 0 Å². The number of aliphatic hydroxyl groups excluding tert-OH is 1. The fraction of sp³-hybridized carbons (Fsp3) is 0.491. The van der Waals surface area contributed by atoms with Crippen molar-refractivity contribution in [2.45, 2.75) is 76.9 Å². The summed E-state index contributed by atoms with van der Waals surface area (Å²) in [6.45, 7) is 27.4. The summed E-state index contributed by atoms with van der Waals surface area (Å²) in [5.74, 6) is 2.09. The van der Waals surface area contributed by atoms with E-state index in [4.69, 9.17) is 28.7 Å². The van der Waals surface area contributed by atoms with Gasteiger partial charge in [-0.25, -0.2) is 4.98 Å². The van der Waals surface area contributed by atoms with Crippen LogP contribution in [-0.4, -0.2) is 140 Å². The first kappa shape index (κ1) is 49.3.